The van der Waals surface area contributed by atoms with Crippen LogP contribution in [0, 0.1) is 11.6 Å². The molecule has 1 aliphatic rings. The molecular formula is C27H24F2N2O3. The number of carbonyl (C=O) groups is 3. The van der Waals surface area contributed by atoms with Gasteiger partial charge in [-0.2, -0.15) is 0 Å². The molecule has 3 aromatic rings. The molecule has 0 saturated carbocycles. The molecule has 174 valence electrons. The van der Waals surface area contributed by atoms with Crippen LogP contribution >= 0.6 is 0 Å². The molecule has 7 heteroatoms. The molecule has 0 bridgehead atoms. The lowest BCUT2D eigenvalue weighted by Crippen LogP contribution is -2.51. The van der Waals surface area contributed by atoms with Gasteiger partial charge in [0.25, 0.3) is 5.91 Å². The van der Waals surface area contributed by atoms with Gasteiger partial charge < -0.3 is 9.80 Å². The summed E-state index contributed by atoms with van der Waals surface area (Å²) in [4.78, 5) is 40.5. The van der Waals surface area contributed by atoms with Crippen molar-refractivity contribution in [2.75, 3.05) is 26.2 Å². The van der Waals surface area contributed by atoms with Crippen LogP contribution in [0.2, 0.25) is 0 Å². The molecule has 3 aromatic carbocycles. The van der Waals surface area contributed by atoms with Gasteiger partial charge in [0.1, 0.15) is 17.4 Å². The number of nitrogens with zero attached hydrogens (tertiary/aromatic N) is 2. The Morgan fingerprint density at radius 1 is 0.735 bits per heavy atom. The van der Waals surface area contributed by atoms with Crippen molar-refractivity contribution in [2.24, 2.45) is 0 Å². The quantitative estimate of drug-likeness (QED) is 0.518. The lowest BCUT2D eigenvalue weighted by molar-refractivity contribution is -0.136. The molecular weight excluding hydrogens is 438 g/mol. The van der Waals surface area contributed by atoms with Gasteiger partial charge in [-0.25, -0.2) is 8.78 Å². The maximum Gasteiger partial charge on any atom is 0.257 e. The summed E-state index contributed by atoms with van der Waals surface area (Å²) < 4.78 is 27.3. The fourth-order valence-electron chi connectivity index (χ4n) is 4.01. The number of hydrogen-bond acceptors (Lipinski definition) is 3. The zero-order valence-corrected chi connectivity index (χ0v) is 18.5. The molecule has 1 aliphatic heterocycles. The Hall–Kier alpha value is -3.87. The number of benzene rings is 3. The highest BCUT2D eigenvalue weighted by Gasteiger charge is 2.27. The van der Waals surface area contributed by atoms with Gasteiger partial charge in [-0.3, -0.25) is 14.4 Å². The monoisotopic (exact) mass is 462 g/mol. The maximum absolute atomic E-state index is 13.9. The number of Topliss-reactive ketones (excluding diaryl/α,β-unsaturated/α-hetero) is 1. The molecule has 0 aliphatic carbocycles. The van der Waals surface area contributed by atoms with E-state index in [0.717, 1.165) is 34.9 Å². The highest BCUT2D eigenvalue weighted by atomic mass is 19.1. The Bertz CT molecular complexity index is 1190. The normalized spacial score (nSPS) is 13.6. The SMILES string of the molecule is O=C(CC(=O)N1CCN(C(=O)c2cc(F)ccc2F)CC1)Cc1ccc(-c2ccccc2)cc1. The van der Waals surface area contributed by atoms with E-state index in [1.54, 1.807) is 0 Å². The van der Waals surface area contributed by atoms with Gasteiger partial charge in [0.05, 0.1) is 12.0 Å². The van der Waals surface area contributed by atoms with Gasteiger partial charge in [0, 0.05) is 32.6 Å². The topological polar surface area (TPSA) is 57.7 Å². The molecule has 0 aromatic heterocycles. The summed E-state index contributed by atoms with van der Waals surface area (Å²) >= 11 is 0. The van der Waals surface area contributed by atoms with Crippen molar-refractivity contribution < 1.29 is 23.2 Å². The van der Waals surface area contributed by atoms with E-state index < -0.39 is 17.5 Å². The number of carbonyl (C=O) groups excluding carboxylic acids is 3. The van der Waals surface area contributed by atoms with E-state index in [1.165, 1.54) is 9.80 Å². The first-order valence-electron chi connectivity index (χ1n) is 11.1. The van der Waals surface area contributed by atoms with Crippen molar-refractivity contribution in [3.8, 4) is 11.1 Å². The Morgan fingerprint density at radius 2 is 1.35 bits per heavy atom. The zero-order valence-electron chi connectivity index (χ0n) is 18.5. The minimum Gasteiger partial charge on any atom is -0.339 e. The molecule has 5 nitrogen and oxygen atoms in total. The highest BCUT2D eigenvalue weighted by molar-refractivity contribution is 5.99. The van der Waals surface area contributed by atoms with Crippen LogP contribution in [-0.2, 0) is 16.0 Å². The molecule has 4 rings (SSSR count). The number of ketones is 1. The summed E-state index contributed by atoms with van der Waals surface area (Å²) in [6.45, 7) is 0.854. The summed E-state index contributed by atoms with van der Waals surface area (Å²) in [5.74, 6) is -2.56. The molecule has 1 saturated heterocycles. The van der Waals surface area contributed by atoms with Crippen molar-refractivity contribution >= 4 is 17.6 Å². The van der Waals surface area contributed by atoms with Crippen LogP contribution in [0.4, 0.5) is 8.78 Å². The molecule has 1 heterocycles. The lowest BCUT2D eigenvalue weighted by Gasteiger charge is -2.34. The summed E-state index contributed by atoms with van der Waals surface area (Å²) in [7, 11) is 0. The van der Waals surface area contributed by atoms with Gasteiger partial charge in [0.2, 0.25) is 5.91 Å². The fourth-order valence-corrected chi connectivity index (χ4v) is 4.01. The average molecular weight is 462 g/mol. The van der Waals surface area contributed by atoms with Crippen LogP contribution in [0.1, 0.15) is 22.3 Å². The summed E-state index contributed by atoms with van der Waals surface area (Å²) in [6, 6.07) is 20.4. The second-order valence-corrected chi connectivity index (χ2v) is 8.25. The Labute approximate surface area is 196 Å². The first-order chi connectivity index (χ1) is 16.4. The first-order valence-corrected chi connectivity index (χ1v) is 11.1. The summed E-state index contributed by atoms with van der Waals surface area (Å²) in [6.07, 6.45) is -0.0506. The number of piperazine rings is 1. The van der Waals surface area contributed by atoms with Gasteiger partial charge in [-0.05, 0) is 34.9 Å². The molecule has 2 amide bonds. The van der Waals surface area contributed by atoms with Crippen LogP contribution in [-0.4, -0.2) is 53.6 Å². The highest BCUT2D eigenvalue weighted by Crippen LogP contribution is 2.20. The van der Waals surface area contributed by atoms with E-state index in [-0.39, 0.29) is 56.3 Å². The Kier molecular flexibility index (Phi) is 7.11. The molecule has 1 fully saturated rings. The predicted molar refractivity (Wildman–Crippen MR) is 124 cm³/mol. The smallest absolute Gasteiger partial charge is 0.257 e. The second-order valence-electron chi connectivity index (χ2n) is 8.25. The average Bonchev–Trinajstić information content (AvgIpc) is 2.86. The number of halogens is 2. The number of amides is 2. The predicted octanol–water partition coefficient (Wildman–Crippen LogP) is 4.12. The van der Waals surface area contributed by atoms with E-state index in [0.29, 0.717) is 0 Å². The first kappa shape index (κ1) is 23.3. The fraction of sp³-hybridized carbons (Fsp3) is 0.222. The molecule has 0 unspecified atom stereocenters. The third-order valence-electron chi connectivity index (χ3n) is 5.89. The second kappa shape index (κ2) is 10.4. The van der Waals surface area contributed by atoms with E-state index in [2.05, 4.69) is 0 Å². The number of rotatable bonds is 6. The van der Waals surface area contributed by atoms with Crippen LogP contribution in [0.3, 0.4) is 0 Å². The lowest BCUT2D eigenvalue weighted by atomic mass is 10.0. The van der Waals surface area contributed by atoms with Gasteiger partial charge in [-0.15, -0.1) is 0 Å². The van der Waals surface area contributed by atoms with Gasteiger partial charge in [0.15, 0.2) is 0 Å². The van der Waals surface area contributed by atoms with E-state index in [1.807, 2.05) is 54.6 Å². The summed E-state index contributed by atoms with van der Waals surface area (Å²) in [5, 5.41) is 0. The van der Waals surface area contributed by atoms with E-state index >= 15 is 0 Å². The van der Waals surface area contributed by atoms with Crippen molar-refractivity contribution in [2.45, 2.75) is 12.8 Å². The third kappa shape index (κ3) is 5.54. The Balaban J connectivity index is 1.27. The van der Waals surface area contributed by atoms with Crippen LogP contribution in [0.25, 0.3) is 11.1 Å². The van der Waals surface area contributed by atoms with Gasteiger partial charge >= 0.3 is 0 Å². The van der Waals surface area contributed by atoms with E-state index in [4.69, 9.17) is 0 Å². The van der Waals surface area contributed by atoms with Crippen LogP contribution in [0.5, 0.6) is 0 Å². The van der Waals surface area contributed by atoms with Gasteiger partial charge in [-0.1, -0.05) is 54.6 Å². The summed E-state index contributed by atoms with van der Waals surface area (Å²) in [5.41, 5.74) is 2.66. The van der Waals surface area contributed by atoms with E-state index in [9.17, 15) is 23.2 Å². The molecule has 0 radical (unpaired) electrons. The Morgan fingerprint density at radius 3 is 2.03 bits per heavy atom. The minimum absolute atomic E-state index is 0.165. The zero-order chi connectivity index (χ0) is 24.1. The van der Waals surface area contributed by atoms with Crippen molar-refractivity contribution in [1.82, 2.24) is 9.80 Å². The third-order valence-corrected chi connectivity index (χ3v) is 5.89. The standard InChI is InChI=1S/C27H24F2N2O3/c28-22-10-11-25(29)24(17-22)27(34)31-14-12-30(13-15-31)26(33)18-23(32)16-19-6-8-21(9-7-19)20-4-2-1-3-5-20/h1-11,17H,12-16,18H2. The number of hydrogen-bond donors (Lipinski definition) is 0. The molecule has 34 heavy (non-hydrogen) atoms. The van der Waals surface area contributed by atoms with Crippen LogP contribution < -0.4 is 0 Å². The molecule has 0 N–H and O–H groups in total. The van der Waals surface area contributed by atoms with Crippen LogP contribution in [0.15, 0.2) is 72.8 Å². The minimum atomic E-state index is -0.785. The van der Waals surface area contributed by atoms with Crippen molar-refractivity contribution in [3.63, 3.8) is 0 Å². The molecule has 0 spiro atoms. The van der Waals surface area contributed by atoms with Crippen molar-refractivity contribution in [3.05, 3.63) is 95.6 Å². The van der Waals surface area contributed by atoms with Crippen molar-refractivity contribution in [1.29, 1.82) is 0 Å². The largest absolute Gasteiger partial charge is 0.339 e. The molecule has 0 atom stereocenters. The maximum atomic E-state index is 13.9.